The van der Waals surface area contributed by atoms with Crippen LogP contribution in [0.4, 0.5) is 0 Å². The number of aryl methyl sites for hydroxylation is 1. The van der Waals surface area contributed by atoms with E-state index in [1.165, 1.54) is 4.57 Å². The van der Waals surface area contributed by atoms with Crippen LogP contribution in [0.25, 0.3) is 0 Å². The lowest BCUT2D eigenvalue weighted by atomic mass is 10.6. The van der Waals surface area contributed by atoms with Gasteiger partial charge in [-0.15, -0.1) is 0 Å². The second-order valence-electron chi connectivity index (χ2n) is 3.38. The van der Waals surface area contributed by atoms with E-state index in [0.717, 1.165) is 5.82 Å². The largest absolute Gasteiger partial charge is 0.328 e. The van der Waals surface area contributed by atoms with Crippen molar-refractivity contribution in [1.82, 2.24) is 18.7 Å². The van der Waals surface area contributed by atoms with Crippen LogP contribution in [0, 0.1) is 0 Å². The van der Waals surface area contributed by atoms with Crippen LogP contribution in [0.3, 0.4) is 0 Å². The van der Waals surface area contributed by atoms with Gasteiger partial charge >= 0.3 is 5.69 Å². The van der Waals surface area contributed by atoms with Crippen molar-refractivity contribution in [2.24, 2.45) is 14.1 Å². The number of nitrogens with zero attached hydrogens (tertiary/aromatic N) is 4. The number of halogens is 1. The van der Waals surface area contributed by atoms with Gasteiger partial charge in [-0.1, -0.05) is 11.6 Å². The molecule has 6 heteroatoms. The first-order valence-electron chi connectivity index (χ1n) is 4.47. The van der Waals surface area contributed by atoms with E-state index < -0.39 is 0 Å². The molecule has 2 heterocycles. The maximum Gasteiger partial charge on any atom is 0.328 e. The van der Waals surface area contributed by atoms with Crippen LogP contribution < -0.4 is 5.69 Å². The molecule has 0 radical (unpaired) electrons. The molecule has 80 valence electrons. The highest BCUT2D eigenvalue weighted by molar-refractivity contribution is 6.29. The van der Waals surface area contributed by atoms with Gasteiger partial charge < -0.3 is 9.13 Å². The Kier molecular flexibility index (Phi) is 2.40. The zero-order valence-corrected chi connectivity index (χ0v) is 9.27. The molecule has 0 unspecified atom stereocenters. The summed E-state index contributed by atoms with van der Waals surface area (Å²) in [6.07, 6.45) is 5.02. The fraction of sp³-hybridized carbons (Fsp3) is 0.333. The van der Waals surface area contributed by atoms with Gasteiger partial charge in [0.1, 0.15) is 11.0 Å². The average Bonchev–Trinajstić information content (AvgIpc) is 2.68. The Balaban J connectivity index is 2.34. The summed E-state index contributed by atoms with van der Waals surface area (Å²) in [6, 6.07) is 0. The molecule has 0 aromatic carbocycles. The second kappa shape index (κ2) is 3.58. The van der Waals surface area contributed by atoms with Crippen molar-refractivity contribution in [3.8, 4) is 0 Å². The Bertz CT molecular complexity index is 537. The summed E-state index contributed by atoms with van der Waals surface area (Å²) < 4.78 is 4.85. The smallest absolute Gasteiger partial charge is 0.321 e. The Labute approximate surface area is 91.5 Å². The Morgan fingerprint density at radius 3 is 2.60 bits per heavy atom. The molecule has 15 heavy (non-hydrogen) atoms. The van der Waals surface area contributed by atoms with Crippen molar-refractivity contribution < 1.29 is 0 Å². The maximum absolute atomic E-state index is 11.5. The molecule has 0 aliphatic rings. The highest BCUT2D eigenvalue weighted by Crippen LogP contribution is 2.09. The minimum Gasteiger partial charge on any atom is -0.321 e. The van der Waals surface area contributed by atoms with Gasteiger partial charge in [0.2, 0.25) is 0 Å². The van der Waals surface area contributed by atoms with Crippen LogP contribution in [0.1, 0.15) is 5.82 Å². The highest BCUT2D eigenvalue weighted by Gasteiger charge is 2.07. The summed E-state index contributed by atoms with van der Waals surface area (Å²) in [7, 11) is 3.53. The van der Waals surface area contributed by atoms with Gasteiger partial charge in [-0.3, -0.25) is 4.57 Å². The van der Waals surface area contributed by atoms with Crippen molar-refractivity contribution in [1.29, 1.82) is 0 Å². The Morgan fingerprint density at radius 2 is 2.13 bits per heavy atom. The normalized spacial score (nSPS) is 10.9. The van der Waals surface area contributed by atoms with Crippen molar-refractivity contribution in [2.75, 3.05) is 0 Å². The molecule has 0 aliphatic carbocycles. The van der Waals surface area contributed by atoms with E-state index in [9.17, 15) is 4.79 Å². The fourth-order valence-electron chi connectivity index (χ4n) is 1.35. The average molecular weight is 227 g/mol. The third kappa shape index (κ3) is 1.70. The molecule has 0 fully saturated rings. The van der Waals surface area contributed by atoms with Crippen LogP contribution in [-0.4, -0.2) is 18.7 Å². The van der Waals surface area contributed by atoms with Crippen molar-refractivity contribution >= 4 is 11.6 Å². The summed E-state index contributed by atoms with van der Waals surface area (Å²) >= 11 is 5.85. The van der Waals surface area contributed by atoms with Crippen molar-refractivity contribution in [3.05, 3.63) is 40.1 Å². The van der Waals surface area contributed by atoms with Crippen LogP contribution >= 0.6 is 11.6 Å². The molecule has 0 amide bonds. The molecular weight excluding hydrogens is 216 g/mol. The fourth-order valence-corrected chi connectivity index (χ4v) is 1.50. The maximum atomic E-state index is 11.5. The summed E-state index contributed by atoms with van der Waals surface area (Å²) in [6.45, 7) is 0.433. The standard InChI is InChI=1S/C9H11ClN4O/c1-12-3-4-14(9(12)15)6-8-11-5-7(10)13(8)2/h3-5H,6H2,1-2H3. The van der Waals surface area contributed by atoms with Gasteiger partial charge in [-0.2, -0.15) is 0 Å². The molecule has 0 spiro atoms. The Hall–Kier alpha value is -1.49. The quantitative estimate of drug-likeness (QED) is 0.754. The van der Waals surface area contributed by atoms with E-state index in [1.807, 2.05) is 7.05 Å². The third-order valence-corrected chi connectivity index (χ3v) is 2.71. The van der Waals surface area contributed by atoms with Gasteiger partial charge in [0.05, 0.1) is 12.7 Å². The van der Waals surface area contributed by atoms with Gasteiger partial charge in [-0.05, 0) is 0 Å². The zero-order chi connectivity index (χ0) is 11.0. The highest BCUT2D eigenvalue weighted by atomic mass is 35.5. The first kappa shape index (κ1) is 10.0. The van der Waals surface area contributed by atoms with E-state index in [0.29, 0.717) is 11.7 Å². The SMILES string of the molecule is Cn1c(Cl)cnc1Cn1ccn(C)c1=O. The van der Waals surface area contributed by atoms with Gasteiger partial charge in [0.15, 0.2) is 0 Å². The summed E-state index contributed by atoms with van der Waals surface area (Å²) in [5.74, 6) is 0.758. The van der Waals surface area contributed by atoms with Crippen molar-refractivity contribution in [3.63, 3.8) is 0 Å². The molecule has 0 aliphatic heterocycles. The summed E-state index contributed by atoms with van der Waals surface area (Å²) in [5.41, 5.74) is -0.0610. The van der Waals surface area contributed by atoms with Crippen molar-refractivity contribution in [2.45, 2.75) is 6.54 Å². The summed E-state index contributed by atoms with van der Waals surface area (Å²) in [4.78, 5) is 15.7. The van der Waals surface area contributed by atoms with Gasteiger partial charge in [-0.25, -0.2) is 9.78 Å². The van der Waals surface area contributed by atoms with Crippen LogP contribution in [0.2, 0.25) is 5.15 Å². The van der Waals surface area contributed by atoms with Crippen LogP contribution in [0.5, 0.6) is 0 Å². The number of hydrogen-bond acceptors (Lipinski definition) is 2. The molecule has 2 aromatic rings. The minimum atomic E-state index is -0.0610. The van der Waals surface area contributed by atoms with E-state index in [1.54, 1.807) is 34.8 Å². The third-order valence-electron chi connectivity index (χ3n) is 2.36. The Morgan fingerprint density at radius 1 is 1.40 bits per heavy atom. The van der Waals surface area contributed by atoms with Crippen LogP contribution in [0.15, 0.2) is 23.4 Å². The number of imidazole rings is 2. The summed E-state index contributed by atoms with van der Waals surface area (Å²) in [5, 5.41) is 0.564. The molecule has 0 saturated heterocycles. The molecule has 5 nitrogen and oxygen atoms in total. The topological polar surface area (TPSA) is 44.8 Å². The van der Waals surface area contributed by atoms with Gasteiger partial charge in [0.25, 0.3) is 0 Å². The number of rotatable bonds is 2. The minimum absolute atomic E-state index is 0.0610. The van der Waals surface area contributed by atoms with E-state index in [-0.39, 0.29) is 5.69 Å². The second-order valence-corrected chi connectivity index (χ2v) is 3.76. The molecule has 2 rings (SSSR count). The molecule has 0 atom stereocenters. The van der Waals surface area contributed by atoms with Gasteiger partial charge in [0, 0.05) is 26.5 Å². The molecule has 2 aromatic heterocycles. The predicted octanol–water partition coefficient (Wildman–Crippen LogP) is 0.622. The lowest BCUT2D eigenvalue weighted by Crippen LogP contribution is -2.23. The molecule has 0 N–H and O–H groups in total. The van der Waals surface area contributed by atoms with E-state index >= 15 is 0 Å². The van der Waals surface area contributed by atoms with E-state index in [2.05, 4.69) is 4.98 Å². The molecular formula is C9H11ClN4O. The predicted molar refractivity (Wildman–Crippen MR) is 57.0 cm³/mol. The zero-order valence-electron chi connectivity index (χ0n) is 8.51. The molecule has 0 saturated carbocycles. The molecule has 0 bridgehead atoms. The number of hydrogen-bond donors (Lipinski definition) is 0. The lowest BCUT2D eigenvalue weighted by molar-refractivity contribution is 0.661. The lowest BCUT2D eigenvalue weighted by Gasteiger charge is -2.02. The number of aromatic nitrogens is 4. The monoisotopic (exact) mass is 226 g/mol. The first-order valence-corrected chi connectivity index (χ1v) is 4.85. The van der Waals surface area contributed by atoms with Crippen LogP contribution in [-0.2, 0) is 20.6 Å². The van der Waals surface area contributed by atoms with E-state index in [4.69, 9.17) is 11.6 Å². The first-order chi connectivity index (χ1) is 7.09.